The summed E-state index contributed by atoms with van der Waals surface area (Å²) in [5, 5.41) is 14.2. The van der Waals surface area contributed by atoms with Gasteiger partial charge in [0.25, 0.3) is 0 Å². The van der Waals surface area contributed by atoms with Crippen molar-refractivity contribution in [3.05, 3.63) is 10.6 Å². The van der Waals surface area contributed by atoms with Crippen molar-refractivity contribution in [3.63, 3.8) is 0 Å². The molecule has 1 rings (SSSR count). The Bertz CT molecular complexity index is 301. The van der Waals surface area contributed by atoms with Crippen LogP contribution in [-0.4, -0.2) is 14.7 Å². The first-order valence-electron chi connectivity index (χ1n) is 6.78. The minimum atomic E-state index is -0.349. The lowest BCUT2D eigenvalue weighted by Crippen LogP contribution is -1.99. The summed E-state index contributed by atoms with van der Waals surface area (Å²) < 4.78 is 3.95. The van der Waals surface area contributed by atoms with Crippen LogP contribution >= 0.6 is 11.5 Å². The van der Waals surface area contributed by atoms with Gasteiger partial charge in [-0.15, -0.1) is 5.10 Å². The van der Waals surface area contributed by atoms with Crippen molar-refractivity contribution >= 4 is 11.5 Å². The average molecular weight is 256 g/mol. The van der Waals surface area contributed by atoms with E-state index in [2.05, 4.69) is 23.4 Å². The first-order valence-corrected chi connectivity index (χ1v) is 7.56. The molecule has 1 aromatic rings. The third-order valence-corrected chi connectivity index (χ3v) is 3.82. The Balaban J connectivity index is 2.30. The van der Waals surface area contributed by atoms with E-state index in [9.17, 15) is 5.11 Å². The fraction of sp³-hybridized carbons (Fsp3) is 0.846. The number of aliphatic hydroxyl groups excluding tert-OH is 1. The Morgan fingerprint density at radius 2 is 1.88 bits per heavy atom. The maximum Gasteiger partial charge on any atom is 0.0917 e. The van der Waals surface area contributed by atoms with E-state index >= 15 is 0 Å². The largest absolute Gasteiger partial charge is 0.387 e. The highest BCUT2D eigenvalue weighted by Crippen LogP contribution is 2.26. The zero-order valence-corrected chi connectivity index (χ0v) is 11.8. The van der Waals surface area contributed by atoms with E-state index in [0.29, 0.717) is 0 Å². The predicted octanol–water partition coefficient (Wildman–Crippen LogP) is 3.88. The van der Waals surface area contributed by atoms with Crippen LogP contribution in [0.4, 0.5) is 0 Å². The van der Waals surface area contributed by atoms with Gasteiger partial charge in [-0.05, 0) is 24.4 Å². The molecule has 1 N–H and O–H groups in total. The third kappa shape index (κ3) is 5.13. The number of aryl methyl sites for hydroxylation is 1. The van der Waals surface area contributed by atoms with Gasteiger partial charge < -0.3 is 5.11 Å². The average Bonchev–Trinajstić information content (AvgIpc) is 2.77. The number of aromatic nitrogens is 2. The van der Waals surface area contributed by atoms with Gasteiger partial charge in [-0.2, -0.15) is 0 Å². The van der Waals surface area contributed by atoms with Gasteiger partial charge in [0, 0.05) is 0 Å². The fourth-order valence-corrected chi connectivity index (χ4v) is 2.67. The summed E-state index contributed by atoms with van der Waals surface area (Å²) in [7, 11) is 0. The Hall–Kier alpha value is -0.480. The molecule has 1 atom stereocenters. The minimum absolute atomic E-state index is 0.349. The van der Waals surface area contributed by atoms with Crippen molar-refractivity contribution in [1.29, 1.82) is 0 Å². The second-order valence-corrected chi connectivity index (χ2v) is 5.34. The molecule has 0 fully saturated rings. The van der Waals surface area contributed by atoms with Crippen molar-refractivity contribution < 1.29 is 5.11 Å². The highest BCUT2D eigenvalue weighted by molar-refractivity contribution is 7.05. The zero-order valence-electron chi connectivity index (χ0n) is 11.0. The van der Waals surface area contributed by atoms with Crippen molar-refractivity contribution in [2.24, 2.45) is 0 Å². The lowest BCUT2D eigenvalue weighted by Gasteiger charge is -2.09. The van der Waals surface area contributed by atoms with Crippen LogP contribution in [0, 0.1) is 0 Å². The van der Waals surface area contributed by atoms with Gasteiger partial charge in [0.2, 0.25) is 0 Å². The molecule has 0 aromatic carbocycles. The highest BCUT2D eigenvalue weighted by Gasteiger charge is 2.15. The van der Waals surface area contributed by atoms with Gasteiger partial charge in [0.05, 0.1) is 16.7 Å². The van der Waals surface area contributed by atoms with Crippen molar-refractivity contribution in [3.8, 4) is 0 Å². The quantitative estimate of drug-likeness (QED) is 0.682. The molecule has 0 saturated carbocycles. The zero-order chi connectivity index (χ0) is 12.5. The Labute approximate surface area is 108 Å². The maximum atomic E-state index is 10.1. The van der Waals surface area contributed by atoms with Crippen LogP contribution in [0.25, 0.3) is 0 Å². The van der Waals surface area contributed by atoms with Gasteiger partial charge in [-0.25, -0.2) is 0 Å². The summed E-state index contributed by atoms with van der Waals surface area (Å²) in [6, 6.07) is 0. The predicted molar refractivity (Wildman–Crippen MR) is 72.2 cm³/mol. The molecular formula is C13H24N2OS. The van der Waals surface area contributed by atoms with Crippen LogP contribution in [0.3, 0.4) is 0 Å². The Morgan fingerprint density at radius 1 is 1.12 bits per heavy atom. The first-order chi connectivity index (χ1) is 8.29. The van der Waals surface area contributed by atoms with E-state index in [0.717, 1.165) is 36.3 Å². The molecule has 0 saturated heterocycles. The van der Waals surface area contributed by atoms with Crippen LogP contribution in [0.2, 0.25) is 0 Å². The van der Waals surface area contributed by atoms with Crippen molar-refractivity contribution in [1.82, 2.24) is 9.59 Å². The second kappa shape index (κ2) is 8.59. The monoisotopic (exact) mass is 256 g/mol. The topological polar surface area (TPSA) is 46.0 Å². The van der Waals surface area contributed by atoms with Crippen LogP contribution in [0.1, 0.15) is 75.5 Å². The van der Waals surface area contributed by atoms with Gasteiger partial charge in [0.15, 0.2) is 0 Å². The summed E-state index contributed by atoms with van der Waals surface area (Å²) in [5.41, 5.74) is 0.999. The van der Waals surface area contributed by atoms with Crippen molar-refractivity contribution in [2.45, 2.75) is 71.3 Å². The molecule has 4 heteroatoms. The van der Waals surface area contributed by atoms with Crippen LogP contribution < -0.4 is 0 Å². The molecule has 0 amide bonds. The van der Waals surface area contributed by atoms with E-state index in [-0.39, 0.29) is 6.10 Å². The Kier molecular flexibility index (Phi) is 7.37. The van der Waals surface area contributed by atoms with Gasteiger partial charge >= 0.3 is 0 Å². The molecule has 0 radical (unpaired) electrons. The van der Waals surface area contributed by atoms with Crippen LogP contribution in [0.15, 0.2) is 0 Å². The maximum absolute atomic E-state index is 10.1. The molecular weight excluding hydrogens is 232 g/mol. The fourth-order valence-electron chi connectivity index (χ4n) is 1.95. The standard InChI is InChI=1S/C13H24N2OS/c1-3-5-6-7-8-10-12(16)13-11(9-4-2)14-15-17-13/h12,16H,3-10H2,1-2H3. The van der Waals surface area contributed by atoms with Gasteiger partial charge in [0.1, 0.15) is 0 Å². The number of unbranched alkanes of at least 4 members (excludes halogenated alkanes) is 4. The summed E-state index contributed by atoms with van der Waals surface area (Å²) in [6.07, 6.45) is 8.67. The van der Waals surface area contributed by atoms with Crippen LogP contribution in [0.5, 0.6) is 0 Å². The number of aliphatic hydroxyl groups is 1. The third-order valence-electron chi connectivity index (χ3n) is 2.96. The lowest BCUT2D eigenvalue weighted by molar-refractivity contribution is 0.166. The molecule has 17 heavy (non-hydrogen) atoms. The molecule has 0 aliphatic rings. The highest BCUT2D eigenvalue weighted by atomic mass is 32.1. The molecule has 0 aliphatic carbocycles. The first kappa shape index (κ1) is 14.6. The number of hydrogen-bond acceptors (Lipinski definition) is 4. The molecule has 98 valence electrons. The van der Waals surface area contributed by atoms with E-state index in [1.807, 2.05) is 0 Å². The van der Waals surface area contributed by atoms with Crippen LogP contribution in [-0.2, 0) is 6.42 Å². The molecule has 1 heterocycles. The SMILES string of the molecule is CCCCCCCC(O)c1snnc1CCC. The lowest BCUT2D eigenvalue weighted by atomic mass is 10.1. The minimum Gasteiger partial charge on any atom is -0.387 e. The van der Waals surface area contributed by atoms with E-state index < -0.39 is 0 Å². The summed E-state index contributed by atoms with van der Waals surface area (Å²) >= 11 is 1.35. The van der Waals surface area contributed by atoms with E-state index in [1.165, 1.54) is 37.2 Å². The van der Waals surface area contributed by atoms with E-state index in [1.54, 1.807) is 0 Å². The second-order valence-electron chi connectivity index (χ2n) is 4.55. The molecule has 0 aliphatic heterocycles. The number of rotatable bonds is 9. The van der Waals surface area contributed by atoms with E-state index in [4.69, 9.17) is 0 Å². The normalized spacial score (nSPS) is 12.9. The summed E-state index contributed by atoms with van der Waals surface area (Å²) in [4.78, 5) is 0.988. The number of hydrogen-bond donors (Lipinski definition) is 1. The summed E-state index contributed by atoms with van der Waals surface area (Å²) in [5.74, 6) is 0. The van der Waals surface area contributed by atoms with Gasteiger partial charge in [-0.1, -0.05) is 56.9 Å². The molecule has 3 nitrogen and oxygen atoms in total. The number of nitrogens with zero attached hydrogens (tertiary/aromatic N) is 2. The Morgan fingerprint density at radius 3 is 2.59 bits per heavy atom. The van der Waals surface area contributed by atoms with Gasteiger partial charge in [-0.3, -0.25) is 0 Å². The smallest absolute Gasteiger partial charge is 0.0917 e. The summed E-state index contributed by atoms with van der Waals surface area (Å²) in [6.45, 7) is 4.34. The molecule has 1 unspecified atom stereocenters. The molecule has 0 bridgehead atoms. The molecule has 0 spiro atoms. The molecule has 1 aromatic heterocycles. The van der Waals surface area contributed by atoms with Crippen molar-refractivity contribution in [2.75, 3.05) is 0 Å².